The van der Waals surface area contributed by atoms with Crippen molar-refractivity contribution in [2.75, 3.05) is 5.75 Å². The third-order valence-corrected chi connectivity index (χ3v) is 7.12. The predicted molar refractivity (Wildman–Crippen MR) is 109 cm³/mol. The molecule has 0 spiro atoms. The smallest absolute Gasteiger partial charge is 0.326 e. The number of Topliss-reactive ketones (excluding diaryl/α,β-unsaturated/α-hetero) is 1. The molecular formula is C20H25NO4S2. The molecule has 2 saturated heterocycles. The van der Waals surface area contributed by atoms with Crippen LogP contribution in [0.5, 0.6) is 0 Å². The number of hydrogen-bond acceptors (Lipinski definition) is 5. The zero-order chi connectivity index (χ0) is 19.4. The molecule has 1 aromatic rings. The third kappa shape index (κ3) is 4.88. The van der Waals surface area contributed by atoms with Gasteiger partial charge in [0.1, 0.15) is 11.8 Å². The largest absolute Gasteiger partial charge is 0.480 e. The van der Waals surface area contributed by atoms with E-state index < -0.39 is 23.2 Å². The number of nitrogens with zero attached hydrogens (tertiary/aromatic N) is 1. The average Bonchev–Trinajstić information content (AvgIpc) is 2.81. The standard InChI is InChI=1S/C20H25NO4S2/c22-16(17(26)11-13-5-2-1-3-6-13)12-14-9-10-27-18-8-4-7-15(20(24)25)21(18)19(14)23/h1-3,5-6,14-15,17-18,26H,4,7-12H2,(H,24,25)/t14?,15-,17-,18-/m0/s1. The summed E-state index contributed by atoms with van der Waals surface area (Å²) >= 11 is 6.11. The molecule has 0 radical (unpaired) electrons. The number of thioether (sulfide) groups is 1. The lowest BCUT2D eigenvalue weighted by molar-refractivity contribution is -0.155. The lowest BCUT2D eigenvalue weighted by atomic mass is 9.92. The van der Waals surface area contributed by atoms with Crippen LogP contribution in [0.25, 0.3) is 0 Å². The summed E-state index contributed by atoms with van der Waals surface area (Å²) in [5, 5.41) is 8.99. The fraction of sp³-hybridized carbons (Fsp3) is 0.550. The first-order valence-corrected chi connectivity index (χ1v) is 10.9. The van der Waals surface area contributed by atoms with E-state index in [1.54, 1.807) is 16.7 Å². The number of carboxylic acid groups (broad SMARTS) is 1. The molecule has 2 heterocycles. The highest BCUT2D eigenvalue weighted by Crippen LogP contribution is 2.37. The van der Waals surface area contributed by atoms with Crippen molar-refractivity contribution in [1.29, 1.82) is 0 Å². The zero-order valence-corrected chi connectivity index (χ0v) is 16.8. The van der Waals surface area contributed by atoms with Gasteiger partial charge < -0.3 is 10.0 Å². The average molecular weight is 408 g/mol. The van der Waals surface area contributed by atoms with E-state index in [1.807, 2.05) is 30.3 Å². The Kier molecular flexibility index (Phi) is 6.87. The number of aliphatic carboxylic acids is 1. The van der Waals surface area contributed by atoms with Crippen molar-refractivity contribution in [2.45, 2.75) is 55.2 Å². The van der Waals surface area contributed by atoms with Crippen LogP contribution in [0.15, 0.2) is 30.3 Å². The van der Waals surface area contributed by atoms with E-state index in [-0.39, 0.29) is 23.5 Å². The van der Waals surface area contributed by atoms with Gasteiger partial charge in [-0.1, -0.05) is 30.3 Å². The second-order valence-electron chi connectivity index (χ2n) is 7.22. The maximum atomic E-state index is 13.1. The Hall–Kier alpha value is -1.47. The number of thiol groups is 1. The van der Waals surface area contributed by atoms with Gasteiger partial charge in [0, 0.05) is 12.3 Å². The molecule has 2 fully saturated rings. The van der Waals surface area contributed by atoms with Gasteiger partial charge in [0.15, 0.2) is 0 Å². The minimum atomic E-state index is -0.947. The van der Waals surface area contributed by atoms with Crippen LogP contribution >= 0.6 is 24.4 Å². The number of fused-ring (bicyclic) bond motifs is 1. The minimum absolute atomic E-state index is 0.0483. The Morgan fingerprint density at radius 3 is 2.67 bits per heavy atom. The van der Waals surface area contributed by atoms with Crippen molar-refractivity contribution in [3.63, 3.8) is 0 Å². The second kappa shape index (κ2) is 9.15. The summed E-state index contributed by atoms with van der Waals surface area (Å²) in [4.78, 5) is 38.9. The first kappa shape index (κ1) is 20.3. The van der Waals surface area contributed by atoms with Gasteiger partial charge in [0.2, 0.25) is 5.91 Å². The van der Waals surface area contributed by atoms with Crippen molar-refractivity contribution in [2.24, 2.45) is 5.92 Å². The molecule has 4 atom stereocenters. The quantitative estimate of drug-likeness (QED) is 0.709. The molecule has 5 nitrogen and oxygen atoms in total. The molecule has 1 aromatic carbocycles. The van der Waals surface area contributed by atoms with Crippen LogP contribution in [0.3, 0.4) is 0 Å². The first-order valence-electron chi connectivity index (χ1n) is 9.38. The van der Waals surface area contributed by atoms with Crippen molar-refractivity contribution in [3.05, 3.63) is 35.9 Å². The van der Waals surface area contributed by atoms with Gasteiger partial charge in [0.25, 0.3) is 0 Å². The number of piperidine rings is 1. The Balaban J connectivity index is 1.67. The predicted octanol–water partition coefficient (Wildman–Crippen LogP) is 3.03. The lowest BCUT2D eigenvalue weighted by Gasteiger charge is -2.39. The highest BCUT2D eigenvalue weighted by Gasteiger charge is 2.43. The molecule has 0 bridgehead atoms. The SMILES string of the molecule is O=C(CC1CCS[C@H]2CCC[C@@H](C(=O)O)N2C1=O)[C@@H](S)Cc1ccccc1. The molecule has 1 unspecified atom stereocenters. The summed E-state index contributed by atoms with van der Waals surface area (Å²) in [5.41, 5.74) is 1.04. The maximum Gasteiger partial charge on any atom is 0.326 e. The van der Waals surface area contributed by atoms with Crippen LogP contribution in [0.4, 0.5) is 0 Å². The normalized spacial score (nSPS) is 26.8. The third-order valence-electron chi connectivity index (χ3n) is 5.33. The monoisotopic (exact) mass is 407 g/mol. The van der Waals surface area contributed by atoms with E-state index in [4.69, 9.17) is 0 Å². The van der Waals surface area contributed by atoms with Crippen LogP contribution in [0.2, 0.25) is 0 Å². The van der Waals surface area contributed by atoms with Crippen LogP contribution in [0, 0.1) is 5.92 Å². The van der Waals surface area contributed by atoms with E-state index in [2.05, 4.69) is 12.6 Å². The van der Waals surface area contributed by atoms with Gasteiger partial charge in [-0.05, 0) is 43.4 Å². The summed E-state index contributed by atoms with van der Waals surface area (Å²) in [6, 6.07) is 8.92. The maximum absolute atomic E-state index is 13.1. The summed E-state index contributed by atoms with van der Waals surface area (Å²) in [6.45, 7) is 0. The van der Waals surface area contributed by atoms with Crippen molar-refractivity contribution in [3.8, 4) is 0 Å². The molecular weight excluding hydrogens is 382 g/mol. The Morgan fingerprint density at radius 1 is 1.22 bits per heavy atom. The number of rotatable bonds is 6. The van der Waals surface area contributed by atoms with E-state index in [0.717, 1.165) is 24.2 Å². The number of amides is 1. The van der Waals surface area contributed by atoms with E-state index in [9.17, 15) is 19.5 Å². The summed E-state index contributed by atoms with van der Waals surface area (Å²) in [5.74, 6) is -0.844. The molecule has 0 aromatic heterocycles. The van der Waals surface area contributed by atoms with Gasteiger partial charge in [-0.2, -0.15) is 12.6 Å². The molecule has 3 rings (SSSR count). The number of carbonyl (C=O) groups is 3. The summed E-state index contributed by atoms with van der Waals surface area (Å²) < 4.78 is 0. The molecule has 2 aliphatic heterocycles. The topological polar surface area (TPSA) is 74.7 Å². The molecule has 1 N–H and O–H groups in total. The van der Waals surface area contributed by atoms with E-state index >= 15 is 0 Å². The van der Waals surface area contributed by atoms with Gasteiger partial charge in [-0.15, -0.1) is 11.8 Å². The Labute approximate surface area is 169 Å². The molecule has 1 amide bonds. The van der Waals surface area contributed by atoms with Crippen LogP contribution < -0.4 is 0 Å². The van der Waals surface area contributed by atoms with Crippen LogP contribution in [0.1, 0.15) is 37.7 Å². The summed E-state index contributed by atoms with van der Waals surface area (Å²) in [6.07, 6.45) is 3.41. The highest BCUT2D eigenvalue weighted by molar-refractivity contribution is 7.99. The molecule has 146 valence electrons. The molecule has 7 heteroatoms. The Morgan fingerprint density at radius 2 is 1.96 bits per heavy atom. The number of benzene rings is 1. The van der Waals surface area contributed by atoms with E-state index in [0.29, 0.717) is 19.3 Å². The Bertz CT molecular complexity index is 696. The molecule has 0 aliphatic carbocycles. The van der Waals surface area contributed by atoms with Crippen LogP contribution in [-0.4, -0.2) is 50.1 Å². The number of carbonyl (C=O) groups excluding carboxylic acids is 2. The molecule has 2 aliphatic rings. The van der Waals surface area contributed by atoms with Crippen LogP contribution in [-0.2, 0) is 20.8 Å². The minimum Gasteiger partial charge on any atom is -0.480 e. The highest BCUT2D eigenvalue weighted by atomic mass is 32.2. The molecule has 0 saturated carbocycles. The lowest BCUT2D eigenvalue weighted by Crippen LogP contribution is -2.53. The van der Waals surface area contributed by atoms with Crippen molar-refractivity contribution < 1.29 is 19.5 Å². The number of hydrogen-bond donors (Lipinski definition) is 2. The second-order valence-corrected chi connectivity index (χ2v) is 9.13. The fourth-order valence-corrected chi connectivity index (χ4v) is 5.62. The first-order chi connectivity index (χ1) is 13.0. The van der Waals surface area contributed by atoms with Gasteiger partial charge in [-0.25, -0.2) is 4.79 Å². The number of carboxylic acids is 1. The van der Waals surface area contributed by atoms with Crippen molar-refractivity contribution >= 4 is 42.1 Å². The van der Waals surface area contributed by atoms with Crippen molar-refractivity contribution in [1.82, 2.24) is 4.90 Å². The van der Waals surface area contributed by atoms with Gasteiger partial charge >= 0.3 is 5.97 Å². The summed E-state index contributed by atoms with van der Waals surface area (Å²) in [7, 11) is 0. The van der Waals surface area contributed by atoms with Gasteiger partial charge in [0.05, 0.1) is 10.6 Å². The fourth-order valence-electron chi connectivity index (χ4n) is 3.87. The van der Waals surface area contributed by atoms with E-state index in [1.165, 1.54) is 0 Å². The van der Waals surface area contributed by atoms with Gasteiger partial charge in [-0.3, -0.25) is 9.59 Å². The zero-order valence-electron chi connectivity index (χ0n) is 15.1. The number of ketones is 1. The molecule has 27 heavy (non-hydrogen) atoms.